The average Bonchev–Trinajstić information content (AvgIpc) is 2.60. The van der Waals surface area contributed by atoms with Crippen LogP contribution < -0.4 is 10.6 Å². The molecule has 88 valence electrons. The van der Waals surface area contributed by atoms with Crippen molar-refractivity contribution >= 4 is 5.69 Å². The Morgan fingerprint density at radius 1 is 1.50 bits per heavy atom. The van der Waals surface area contributed by atoms with E-state index in [1.54, 1.807) is 12.1 Å². The number of hydrogen-bond donors (Lipinski definition) is 1. The van der Waals surface area contributed by atoms with E-state index in [0.29, 0.717) is 18.5 Å². The molecule has 16 heavy (non-hydrogen) atoms. The van der Waals surface area contributed by atoms with E-state index < -0.39 is 0 Å². The first-order valence-electron chi connectivity index (χ1n) is 5.90. The van der Waals surface area contributed by atoms with Crippen molar-refractivity contribution in [2.75, 3.05) is 18.0 Å². The Bertz CT molecular complexity index is 376. The minimum atomic E-state index is -0.106. The molecule has 0 saturated heterocycles. The molecule has 0 bridgehead atoms. The van der Waals surface area contributed by atoms with Crippen LogP contribution in [0.3, 0.4) is 0 Å². The van der Waals surface area contributed by atoms with Gasteiger partial charge >= 0.3 is 0 Å². The molecule has 2 rings (SSSR count). The Morgan fingerprint density at radius 3 is 2.88 bits per heavy atom. The van der Waals surface area contributed by atoms with Gasteiger partial charge in [0.2, 0.25) is 0 Å². The predicted molar refractivity (Wildman–Crippen MR) is 65.3 cm³/mol. The van der Waals surface area contributed by atoms with Gasteiger partial charge in [-0.05, 0) is 38.4 Å². The van der Waals surface area contributed by atoms with Crippen LogP contribution in [0.25, 0.3) is 0 Å². The molecule has 1 aliphatic heterocycles. The standard InChI is InChI=1S/C13H19FN2/c1-9(2)16-8-10(6-7-15)11-4-3-5-12(14)13(11)16/h3-5,9-10H,6-8,15H2,1-2H3. The lowest BCUT2D eigenvalue weighted by molar-refractivity contribution is 0.596. The zero-order valence-corrected chi connectivity index (χ0v) is 9.91. The van der Waals surface area contributed by atoms with Gasteiger partial charge in [-0.1, -0.05) is 12.1 Å². The van der Waals surface area contributed by atoms with Gasteiger partial charge in [0, 0.05) is 18.5 Å². The molecule has 1 heterocycles. The number of nitrogens with zero attached hydrogens (tertiary/aromatic N) is 1. The molecule has 0 aliphatic carbocycles. The third-order valence-electron chi connectivity index (χ3n) is 3.30. The van der Waals surface area contributed by atoms with Crippen LogP contribution in [0, 0.1) is 5.82 Å². The molecule has 0 fully saturated rings. The topological polar surface area (TPSA) is 29.3 Å². The Kier molecular flexibility index (Phi) is 3.15. The average molecular weight is 222 g/mol. The van der Waals surface area contributed by atoms with Crippen molar-refractivity contribution in [3.8, 4) is 0 Å². The van der Waals surface area contributed by atoms with Crippen LogP contribution in [-0.2, 0) is 0 Å². The molecule has 2 N–H and O–H groups in total. The van der Waals surface area contributed by atoms with Crippen LogP contribution in [0.15, 0.2) is 18.2 Å². The van der Waals surface area contributed by atoms with E-state index in [0.717, 1.165) is 24.2 Å². The Morgan fingerprint density at radius 2 is 2.25 bits per heavy atom. The van der Waals surface area contributed by atoms with Crippen molar-refractivity contribution in [3.05, 3.63) is 29.6 Å². The fraction of sp³-hybridized carbons (Fsp3) is 0.538. The molecule has 0 aromatic heterocycles. The first-order chi connectivity index (χ1) is 7.65. The molecule has 0 spiro atoms. The fourth-order valence-corrected chi connectivity index (χ4v) is 2.51. The normalized spacial score (nSPS) is 19.3. The third-order valence-corrected chi connectivity index (χ3v) is 3.30. The van der Waals surface area contributed by atoms with E-state index in [4.69, 9.17) is 5.73 Å². The molecule has 1 unspecified atom stereocenters. The maximum Gasteiger partial charge on any atom is 0.146 e. The van der Waals surface area contributed by atoms with Gasteiger partial charge < -0.3 is 10.6 Å². The number of fused-ring (bicyclic) bond motifs is 1. The lowest BCUT2D eigenvalue weighted by atomic mass is 9.98. The van der Waals surface area contributed by atoms with Crippen molar-refractivity contribution < 1.29 is 4.39 Å². The van der Waals surface area contributed by atoms with Gasteiger partial charge in [-0.25, -0.2) is 4.39 Å². The van der Waals surface area contributed by atoms with E-state index in [1.807, 2.05) is 6.07 Å². The highest BCUT2D eigenvalue weighted by Crippen LogP contribution is 2.40. The quantitative estimate of drug-likeness (QED) is 0.851. The van der Waals surface area contributed by atoms with Crippen LogP contribution in [0.1, 0.15) is 31.7 Å². The first-order valence-corrected chi connectivity index (χ1v) is 5.90. The largest absolute Gasteiger partial charge is 0.366 e. The molecule has 0 amide bonds. The number of halogens is 1. The Labute approximate surface area is 96.2 Å². The molecular weight excluding hydrogens is 203 g/mol. The number of hydrogen-bond acceptors (Lipinski definition) is 2. The lowest BCUT2D eigenvalue weighted by Crippen LogP contribution is -2.30. The highest BCUT2D eigenvalue weighted by Gasteiger charge is 2.31. The molecule has 1 aliphatic rings. The third kappa shape index (κ3) is 1.80. The summed E-state index contributed by atoms with van der Waals surface area (Å²) in [6.07, 6.45) is 0.930. The second kappa shape index (κ2) is 4.42. The Balaban J connectivity index is 2.40. The summed E-state index contributed by atoms with van der Waals surface area (Å²) in [7, 11) is 0. The van der Waals surface area contributed by atoms with E-state index >= 15 is 0 Å². The summed E-state index contributed by atoms with van der Waals surface area (Å²) >= 11 is 0. The minimum absolute atomic E-state index is 0.106. The van der Waals surface area contributed by atoms with Crippen LogP contribution in [0.5, 0.6) is 0 Å². The number of rotatable bonds is 3. The van der Waals surface area contributed by atoms with Gasteiger partial charge in [-0.15, -0.1) is 0 Å². The van der Waals surface area contributed by atoms with Crippen molar-refractivity contribution in [2.24, 2.45) is 5.73 Å². The van der Waals surface area contributed by atoms with Crippen molar-refractivity contribution in [3.63, 3.8) is 0 Å². The van der Waals surface area contributed by atoms with Gasteiger partial charge in [0.25, 0.3) is 0 Å². The van der Waals surface area contributed by atoms with Crippen LogP contribution in [-0.4, -0.2) is 19.1 Å². The lowest BCUT2D eigenvalue weighted by Gasteiger charge is -2.24. The molecule has 1 atom stereocenters. The van der Waals surface area contributed by atoms with Gasteiger partial charge in [0.15, 0.2) is 0 Å². The first kappa shape index (κ1) is 11.4. The van der Waals surface area contributed by atoms with Crippen LogP contribution in [0.4, 0.5) is 10.1 Å². The maximum atomic E-state index is 13.8. The van der Waals surface area contributed by atoms with Gasteiger partial charge in [0.05, 0.1) is 5.69 Å². The van der Waals surface area contributed by atoms with E-state index in [1.165, 1.54) is 0 Å². The molecule has 0 radical (unpaired) electrons. The second-order valence-electron chi connectivity index (χ2n) is 4.70. The zero-order chi connectivity index (χ0) is 11.7. The highest BCUT2D eigenvalue weighted by molar-refractivity contribution is 5.61. The zero-order valence-electron chi connectivity index (χ0n) is 9.91. The summed E-state index contributed by atoms with van der Waals surface area (Å²) in [5.74, 6) is 0.281. The summed E-state index contributed by atoms with van der Waals surface area (Å²) in [5, 5.41) is 0. The minimum Gasteiger partial charge on any atom is -0.366 e. The fourth-order valence-electron chi connectivity index (χ4n) is 2.51. The predicted octanol–water partition coefficient (Wildman–Crippen LogP) is 2.49. The maximum absolute atomic E-state index is 13.8. The van der Waals surface area contributed by atoms with Crippen molar-refractivity contribution in [1.29, 1.82) is 0 Å². The monoisotopic (exact) mass is 222 g/mol. The van der Waals surface area contributed by atoms with Crippen LogP contribution >= 0.6 is 0 Å². The number of anilines is 1. The van der Waals surface area contributed by atoms with Gasteiger partial charge in [0.1, 0.15) is 5.82 Å². The SMILES string of the molecule is CC(C)N1CC(CCN)c2cccc(F)c21. The summed E-state index contributed by atoms with van der Waals surface area (Å²) in [6, 6.07) is 5.69. The van der Waals surface area contributed by atoms with Crippen molar-refractivity contribution in [2.45, 2.75) is 32.2 Å². The summed E-state index contributed by atoms with van der Waals surface area (Å²) in [4.78, 5) is 2.14. The summed E-state index contributed by atoms with van der Waals surface area (Å²) in [6.45, 7) is 5.75. The van der Waals surface area contributed by atoms with E-state index in [-0.39, 0.29) is 5.82 Å². The number of benzene rings is 1. The number of nitrogens with two attached hydrogens (primary N) is 1. The molecular formula is C13H19FN2. The van der Waals surface area contributed by atoms with Gasteiger partial charge in [-0.3, -0.25) is 0 Å². The van der Waals surface area contributed by atoms with E-state index in [2.05, 4.69) is 18.7 Å². The molecule has 0 saturated carbocycles. The Hall–Kier alpha value is -1.09. The molecule has 1 aromatic carbocycles. The molecule has 3 heteroatoms. The summed E-state index contributed by atoms with van der Waals surface area (Å²) in [5.41, 5.74) is 7.52. The second-order valence-corrected chi connectivity index (χ2v) is 4.70. The van der Waals surface area contributed by atoms with Crippen LogP contribution in [0.2, 0.25) is 0 Å². The highest BCUT2D eigenvalue weighted by atomic mass is 19.1. The number of para-hydroxylation sites is 1. The van der Waals surface area contributed by atoms with Crippen molar-refractivity contribution in [1.82, 2.24) is 0 Å². The smallest absolute Gasteiger partial charge is 0.146 e. The van der Waals surface area contributed by atoms with Gasteiger partial charge in [-0.2, -0.15) is 0 Å². The van der Waals surface area contributed by atoms with E-state index in [9.17, 15) is 4.39 Å². The molecule has 2 nitrogen and oxygen atoms in total. The molecule has 1 aromatic rings. The summed E-state index contributed by atoms with van der Waals surface area (Å²) < 4.78 is 13.8.